The van der Waals surface area contributed by atoms with Gasteiger partial charge in [0.05, 0.1) is 30.6 Å². The van der Waals surface area contributed by atoms with E-state index < -0.39 is 0 Å². The number of thiophene rings is 1. The van der Waals surface area contributed by atoms with Crippen LogP contribution < -0.4 is 4.74 Å². The zero-order chi connectivity index (χ0) is 19.3. The lowest BCUT2D eigenvalue weighted by atomic mass is 10.1. The Morgan fingerprint density at radius 1 is 1.25 bits per heavy atom. The quantitative estimate of drug-likeness (QED) is 0.750. The first-order chi connectivity index (χ1) is 13.8. The number of benzene rings is 1. The molecule has 4 rings (SSSR count). The van der Waals surface area contributed by atoms with Crippen LogP contribution in [0.3, 0.4) is 0 Å². The molecular formula is C21H23N3O3S. The molecule has 0 saturated carbocycles. The van der Waals surface area contributed by atoms with Crippen LogP contribution >= 0.6 is 11.3 Å². The summed E-state index contributed by atoms with van der Waals surface area (Å²) in [6, 6.07) is 12.0. The normalized spacial score (nSPS) is 15.8. The Bertz CT molecular complexity index is 883. The molecule has 1 saturated heterocycles. The van der Waals surface area contributed by atoms with Crippen LogP contribution in [0.5, 0.6) is 5.75 Å². The molecule has 0 spiro atoms. The number of hydrogen-bond acceptors (Lipinski definition) is 6. The summed E-state index contributed by atoms with van der Waals surface area (Å²) < 4.78 is 11.2. The van der Waals surface area contributed by atoms with Gasteiger partial charge in [0.25, 0.3) is 5.91 Å². The molecule has 1 aromatic carbocycles. The van der Waals surface area contributed by atoms with Crippen molar-refractivity contribution in [3.63, 3.8) is 0 Å². The van der Waals surface area contributed by atoms with Crippen LogP contribution in [0.25, 0.3) is 10.4 Å². The van der Waals surface area contributed by atoms with Gasteiger partial charge in [0.1, 0.15) is 12.4 Å². The van der Waals surface area contributed by atoms with Crippen LogP contribution in [0.4, 0.5) is 0 Å². The summed E-state index contributed by atoms with van der Waals surface area (Å²) in [7, 11) is 0. The summed E-state index contributed by atoms with van der Waals surface area (Å²) in [5.74, 6) is 0.866. The Morgan fingerprint density at radius 2 is 2.07 bits per heavy atom. The minimum Gasteiger partial charge on any atom is -0.488 e. The molecule has 2 aliphatic heterocycles. The van der Waals surface area contributed by atoms with Gasteiger partial charge in [0.2, 0.25) is 0 Å². The predicted molar refractivity (Wildman–Crippen MR) is 107 cm³/mol. The molecule has 0 unspecified atom stereocenters. The monoisotopic (exact) mass is 397 g/mol. The summed E-state index contributed by atoms with van der Waals surface area (Å²) in [6.45, 7) is 5.63. The van der Waals surface area contributed by atoms with Gasteiger partial charge in [-0.3, -0.25) is 9.69 Å². The Balaban J connectivity index is 1.51. The highest BCUT2D eigenvalue weighted by Crippen LogP contribution is 2.42. The van der Waals surface area contributed by atoms with Crippen molar-refractivity contribution in [1.29, 1.82) is 5.26 Å². The van der Waals surface area contributed by atoms with Crippen molar-refractivity contribution >= 4 is 17.2 Å². The smallest absolute Gasteiger partial charge is 0.264 e. The zero-order valence-electron chi connectivity index (χ0n) is 15.7. The Morgan fingerprint density at radius 3 is 2.89 bits per heavy atom. The van der Waals surface area contributed by atoms with Crippen molar-refractivity contribution in [2.75, 3.05) is 45.9 Å². The molecule has 0 bridgehead atoms. The molecule has 146 valence electrons. The van der Waals surface area contributed by atoms with E-state index in [1.54, 1.807) is 0 Å². The highest BCUT2D eigenvalue weighted by molar-refractivity contribution is 7.17. The first-order valence-electron chi connectivity index (χ1n) is 9.57. The molecule has 1 amide bonds. The summed E-state index contributed by atoms with van der Waals surface area (Å²) in [5.41, 5.74) is 2.10. The first kappa shape index (κ1) is 18.9. The topological polar surface area (TPSA) is 65.8 Å². The van der Waals surface area contributed by atoms with Gasteiger partial charge in [0, 0.05) is 48.7 Å². The predicted octanol–water partition coefficient (Wildman–Crippen LogP) is 3.00. The number of fused-ring (bicyclic) bond motifs is 3. The minimum absolute atomic E-state index is 0.000362. The van der Waals surface area contributed by atoms with Gasteiger partial charge in [0.15, 0.2) is 0 Å². The number of hydrogen-bond donors (Lipinski definition) is 0. The maximum absolute atomic E-state index is 13.2. The fraction of sp³-hybridized carbons (Fsp3) is 0.429. The third-order valence-electron chi connectivity index (χ3n) is 5.11. The molecular weight excluding hydrogens is 374 g/mol. The molecule has 2 aliphatic rings. The highest BCUT2D eigenvalue weighted by atomic mass is 32.1. The third kappa shape index (κ3) is 4.04. The van der Waals surface area contributed by atoms with Gasteiger partial charge in [-0.05, 0) is 18.2 Å². The molecule has 7 heteroatoms. The number of para-hydroxylation sites is 1. The van der Waals surface area contributed by atoms with Crippen LogP contribution in [0.1, 0.15) is 21.7 Å². The van der Waals surface area contributed by atoms with Crippen molar-refractivity contribution in [2.45, 2.75) is 13.0 Å². The number of amides is 1. The maximum atomic E-state index is 13.2. The molecule has 6 nitrogen and oxygen atoms in total. The maximum Gasteiger partial charge on any atom is 0.264 e. The number of nitrogens with zero attached hydrogens (tertiary/aromatic N) is 3. The van der Waals surface area contributed by atoms with Crippen molar-refractivity contribution in [3.8, 4) is 22.3 Å². The van der Waals surface area contributed by atoms with Crippen molar-refractivity contribution in [1.82, 2.24) is 9.80 Å². The van der Waals surface area contributed by atoms with Crippen LogP contribution in [-0.4, -0.2) is 61.6 Å². The average molecular weight is 398 g/mol. The van der Waals surface area contributed by atoms with E-state index >= 15 is 0 Å². The SMILES string of the molecule is N#CCCN(CCN1CCOCC1)C(=O)c1cc2c(s1)-c1ccccc1OC2. The third-order valence-corrected chi connectivity index (χ3v) is 6.30. The van der Waals surface area contributed by atoms with E-state index in [0.29, 0.717) is 31.0 Å². The number of nitriles is 1. The van der Waals surface area contributed by atoms with Gasteiger partial charge in [-0.25, -0.2) is 0 Å². The number of carbonyl (C=O) groups excluding carboxylic acids is 1. The van der Waals surface area contributed by atoms with E-state index in [4.69, 9.17) is 14.7 Å². The van der Waals surface area contributed by atoms with Gasteiger partial charge < -0.3 is 14.4 Å². The highest BCUT2D eigenvalue weighted by Gasteiger charge is 2.25. The Hall–Kier alpha value is -2.40. The molecule has 0 radical (unpaired) electrons. The lowest BCUT2D eigenvalue weighted by Crippen LogP contribution is -2.43. The summed E-state index contributed by atoms with van der Waals surface area (Å²) in [6.07, 6.45) is 0.339. The second-order valence-corrected chi connectivity index (χ2v) is 7.96. The van der Waals surface area contributed by atoms with Gasteiger partial charge in [-0.15, -0.1) is 11.3 Å². The number of ether oxygens (including phenoxy) is 2. The fourth-order valence-electron chi connectivity index (χ4n) is 3.55. The standard InChI is InChI=1S/C21H23N3O3S/c22-6-3-7-24(9-8-23-10-12-26-13-11-23)21(25)19-14-16-15-27-18-5-2-1-4-17(18)20(16)28-19/h1-2,4-5,14H,3,7-13,15H2. The van der Waals surface area contributed by atoms with Crippen molar-refractivity contribution in [3.05, 3.63) is 40.8 Å². The second-order valence-electron chi connectivity index (χ2n) is 6.90. The largest absolute Gasteiger partial charge is 0.488 e. The Labute approximate surface area is 168 Å². The van der Waals surface area contributed by atoms with Gasteiger partial charge >= 0.3 is 0 Å². The van der Waals surface area contributed by atoms with E-state index in [9.17, 15) is 4.79 Å². The first-order valence-corrected chi connectivity index (χ1v) is 10.4. The molecule has 0 aliphatic carbocycles. The molecule has 1 aromatic heterocycles. The van der Waals surface area contributed by atoms with E-state index in [1.807, 2.05) is 35.2 Å². The summed E-state index contributed by atoms with van der Waals surface area (Å²) in [5, 5.41) is 9.00. The van der Waals surface area contributed by atoms with Crippen LogP contribution in [0.15, 0.2) is 30.3 Å². The van der Waals surface area contributed by atoms with Crippen LogP contribution in [-0.2, 0) is 11.3 Å². The van der Waals surface area contributed by atoms with Crippen LogP contribution in [0.2, 0.25) is 0 Å². The van der Waals surface area contributed by atoms with E-state index in [-0.39, 0.29) is 5.91 Å². The summed E-state index contributed by atoms with van der Waals surface area (Å²) in [4.78, 5) is 19.1. The molecule has 1 fully saturated rings. The van der Waals surface area contributed by atoms with Crippen molar-refractivity contribution < 1.29 is 14.3 Å². The zero-order valence-corrected chi connectivity index (χ0v) is 16.5. The molecule has 0 N–H and O–H groups in total. The van der Waals surface area contributed by atoms with E-state index in [0.717, 1.165) is 54.6 Å². The number of morpholine rings is 1. The van der Waals surface area contributed by atoms with Gasteiger partial charge in [-0.2, -0.15) is 5.26 Å². The Kier molecular flexibility index (Phi) is 5.91. The second kappa shape index (κ2) is 8.74. The molecule has 3 heterocycles. The molecule has 28 heavy (non-hydrogen) atoms. The minimum atomic E-state index is 0.000362. The lowest BCUT2D eigenvalue weighted by molar-refractivity contribution is 0.0327. The number of rotatable bonds is 6. The van der Waals surface area contributed by atoms with Crippen molar-refractivity contribution in [2.24, 2.45) is 0 Å². The number of carbonyl (C=O) groups is 1. The average Bonchev–Trinajstić information content (AvgIpc) is 3.19. The van der Waals surface area contributed by atoms with Gasteiger partial charge in [-0.1, -0.05) is 12.1 Å². The molecule has 0 atom stereocenters. The molecule has 2 aromatic rings. The summed E-state index contributed by atoms with van der Waals surface area (Å²) >= 11 is 1.52. The van der Waals surface area contributed by atoms with Crippen LogP contribution in [0, 0.1) is 11.3 Å². The van der Waals surface area contributed by atoms with E-state index in [2.05, 4.69) is 11.0 Å². The lowest BCUT2D eigenvalue weighted by Gasteiger charge is -2.29. The van der Waals surface area contributed by atoms with E-state index in [1.165, 1.54) is 11.3 Å². The fourth-order valence-corrected chi connectivity index (χ4v) is 4.71.